The van der Waals surface area contributed by atoms with Gasteiger partial charge in [-0.3, -0.25) is 10.00 Å². The van der Waals surface area contributed by atoms with Gasteiger partial charge in [0.05, 0.1) is 11.4 Å². The number of nitrogens with two attached hydrogens (primary N) is 1. The molecule has 6 nitrogen and oxygen atoms in total. The van der Waals surface area contributed by atoms with E-state index in [-0.39, 0.29) is 0 Å². The molecule has 2 aromatic heterocycles. The number of anilines is 1. The van der Waals surface area contributed by atoms with Crippen LogP contribution in [0.1, 0.15) is 22.6 Å². The third-order valence-corrected chi connectivity index (χ3v) is 4.33. The number of rotatable bonds is 3. The Hall–Kier alpha value is -2.73. The van der Waals surface area contributed by atoms with E-state index in [9.17, 15) is 0 Å². The van der Waals surface area contributed by atoms with E-state index in [1.54, 1.807) is 0 Å². The molecule has 6 heteroatoms. The Kier molecular flexibility index (Phi) is 3.74. The molecule has 0 radical (unpaired) electrons. The van der Waals surface area contributed by atoms with Crippen LogP contribution in [0, 0.1) is 6.92 Å². The zero-order chi connectivity index (χ0) is 16.5. The standard InChI is InChI=1S/C18H20N6/c1-12-8-16(23-22-12)11-24-7-6-17-14(10-24)9-20-18(21-17)13-2-4-15(19)5-3-13/h2-5,8-9H,6-7,10-11,19H2,1H3,(H,22,23). The predicted molar refractivity (Wildman–Crippen MR) is 93.0 cm³/mol. The van der Waals surface area contributed by atoms with Crippen molar-refractivity contribution in [1.29, 1.82) is 0 Å². The Balaban J connectivity index is 1.52. The quantitative estimate of drug-likeness (QED) is 0.724. The third-order valence-electron chi connectivity index (χ3n) is 4.33. The van der Waals surface area contributed by atoms with Crippen LogP contribution in [0.2, 0.25) is 0 Å². The second-order valence-corrected chi connectivity index (χ2v) is 6.29. The van der Waals surface area contributed by atoms with Gasteiger partial charge >= 0.3 is 0 Å². The summed E-state index contributed by atoms with van der Waals surface area (Å²) < 4.78 is 0. The van der Waals surface area contributed by atoms with Gasteiger partial charge in [-0.25, -0.2) is 9.97 Å². The maximum Gasteiger partial charge on any atom is 0.159 e. The Morgan fingerprint density at radius 1 is 1.25 bits per heavy atom. The predicted octanol–water partition coefficient (Wildman–Crippen LogP) is 2.32. The van der Waals surface area contributed by atoms with Gasteiger partial charge in [0.2, 0.25) is 0 Å². The summed E-state index contributed by atoms with van der Waals surface area (Å²) in [4.78, 5) is 11.7. The molecule has 4 rings (SSSR count). The number of aromatic nitrogens is 4. The van der Waals surface area contributed by atoms with Crippen LogP contribution >= 0.6 is 0 Å². The molecule has 1 aliphatic rings. The minimum atomic E-state index is 0.751. The second-order valence-electron chi connectivity index (χ2n) is 6.29. The topological polar surface area (TPSA) is 83.7 Å². The van der Waals surface area contributed by atoms with Crippen molar-refractivity contribution >= 4 is 5.69 Å². The van der Waals surface area contributed by atoms with Gasteiger partial charge in [-0.1, -0.05) is 0 Å². The van der Waals surface area contributed by atoms with Crippen molar-refractivity contribution < 1.29 is 0 Å². The van der Waals surface area contributed by atoms with Gasteiger partial charge < -0.3 is 5.73 Å². The van der Waals surface area contributed by atoms with Crippen LogP contribution in [0.5, 0.6) is 0 Å². The number of aromatic amines is 1. The highest BCUT2D eigenvalue weighted by molar-refractivity contribution is 5.58. The van der Waals surface area contributed by atoms with E-state index < -0.39 is 0 Å². The Bertz CT molecular complexity index is 852. The van der Waals surface area contributed by atoms with E-state index in [2.05, 4.69) is 26.1 Å². The fraction of sp³-hybridized carbons (Fsp3) is 0.278. The SMILES string of the molecule is Cc1cc(CN2CCc3nc(-c4ccc(N)cc4)ncc3C2)n[nH]1. The van der Waals surface area contributed by atoms with Gasteiger partial charge in [0.25, 0.3) is 0 Å². The summed E-state index contributed by atoms with van der Waals surface area (Å²) >= 11 is 0. The largest absolute Gasteiger partial charge is 0.399 e. The maximum absolute atomic E-state index is 5.74. The third kappa shape index (κ3) is 3.00. The number of benzene rings is 1. The van der Waals surface area contributed by atoms with Crippen molar-refractivity contribution in [3.05, 3.63) is 59.2 Å². The smallest absolute Gasteiger partial charge is 0.159 e. The fourth-order valence-electron chi connectivity index (χ4n) is 3.07. The van der Waals surface area contributed by atoms with Crippen LogP contribution in [0.3, 0.4) is 0 Å². The molecule has 3 N–H and O–H groups in total. The molecule has 3 heterocycles. The number of nitrogen functional groups attached to an aromatic ring is 1. The number of aryl methyl sites for hydroxylation is 1. The van der Waals surface area contributed by atoms with Gasteiger partial charge in [-0.2, -0.15) is 5.10 Å². The first-order chi connectivity index (χ1) is 11.7. The van der Waals surface area contributed by atoms with Crippen LogP contribution in [-0.2, 0) is 19.5 Å². The van der Waals surface area contributed by atoms with Crippen LogP contribution in [0.25, 0.3) is 11.4 Å². The summed E-state index contributed by atoms with van der Waals surface area (Å²) in [7, 11) is 0. The molecule has 0 saturated heterocycles. The zero-order valence-electron chi connectivity index (χ0n) is 13.7. The second kappa shape index (κ2) is 6.05. The summed E-state index contributed by atoms with van der Waals surface area (Å²) in [6.07, 6.45) is 2.89. The molecule has 1 aliphatic heterocycles. The molecule has 0 unspecified atom stereocenters. The lowest BCUT2D eigenvalue weighted by atomic mass is 10.1. The number of hydrogen-bond acceptors (Lipinski definition) is 5. The number of hydrogen-bond donors (Lipinski definition) is 2. The van der Waals surface area contributed by atoms with Crippen molar-refractivity contribution in [3.8, 4) is 11.4 Å². The van der Waals surface area contributed by atoms with E-state index in [0.717, 1.165) is 60.2 Å². The molecular weight excluding hydrogens is 300 g/mol. The molecule has 3 aromatic rings. The van der Waals surface area contributed by atoms with Gasteiger partial charge in [0, 0.05) is 54.8 Å². The maximum atomic E-state index is 5.74. The van der Waals surface area contributed by atoms with E-state index in [1.807, 2.05) is 37.4 Å². The van der Waals surface area contributed by atoms with Crippen molar-refractivity contribution in [2.24, 2.45) is 0 Å². The number of H-pyrrole nitrogens is 1. The monoisotopic (exact) mass is 320 g/mol. The summed E-state index contributed by atoms with van der Waals surface area (Å²) in [6.45, 7) is 4.72. The lowest BCUT2D eigenvalue weighted by Gasteiger charge is -2.27. The van der Waals surface area contributed by atoms with E-state index >= 15 is 0 Å². The first kappa shape index (κ1) is 14.8. The lowest BCUT2D eigenvalue weighted by molar-refractivity contribution is 0.240. The van der Waals surface area contributed by atoms with Gasteiger partial charge in [0.1, 0.15) is 0 Å². The molecule has 0 saturated carbocycles. The molecule has 0 aliphatic carbocycles. The summed E-state index contributed by atoms with van der Waals surface area (Å²) in [5.74, 6) is 0.769. The zero-order valence-corrected chi connectivity index (χ0v) is 13.7. The minimum Gasteiger partial charge on any atom is -0.399 e. The molecule has 0 spiro atoms. The van der Waals surface area contributed by atoms with Gasteiger partial charge in [0.15, 0.2) is 5.82 Å². The summed E-state index contributed by atoms with van der Waals surface area (Å²) in [5.41, 5.74) is 12.0. The Morgan fingerprint density at radius 2 is 2.08 bits per heavy atom. The number of nitrogens with one attached hydrogen (secondary N) is 1. The highest BCUT2D eigenvalue weighted by Crippen LogP contribution is 2.22. The van der Waals surface area contributed by atoms with E-state index in [4.69, 9.17) is 10.7 Å². The highest BCUT2D eigenvalue weighted by Gasteiger charge is 2.19. The van der Waals surface area contributed by atoms with E-state index in [1.165, 1.54) is 5.56 Å². The molecule has 0 amide bonds. The molecule has 1 aromatic carbocycles. The Morgan fingerprint density at radius 3 is 2.83 bits per heavy atom. The molecule has 122 valence electrons. The average Bonchev–Trinajstić information content (AvgIpc) is 3.00. The molecule has 0 fully saturated rings. The highest BCUT2D eigenvalue weighted by atomic mass is 15.2. The first-order valence-electron chi connectivity index (χ1n) is 8.11. The molecule has 0 bridgehead atoms. The number of fused-ring (bicyclic) bond motifs is 1. The van der Waals surface area contributed by atoms with Crippen LogP contribution in [0.15, 0.2) is 36.5 Å². The summed E-state index contributed by atoms with van der Waals surface area (Å²) in [5, 5.41) is 7.32. The Labute approximate surface area is 140 Å². The molecule has 24 heavy (non-hydrogen) atoms. The van der Waals surface area contributed by atoms with E-state index in [0.29, 0.717) is 0 Å². The minimum absolute atomic E-state index is 0.751. The average molecular weight is 320 g/mol. The van der Waals surface area contributed by atoms with Crippen LogP contribution in [-0.4, -0.2) is 31.6 Å². The molecule has 0 atom stereocenters. The van der Waals surface area contributed by atoms with Crippen molar-refractivity contribution in [2.75, 3.05) is 12.3 Å². The van der Waals surface area contributed by atoms with Crippen LogP contribution in [0.4, 0.5) is 5.69 Å². The normalized spacial score (nSPS) is 14.5. The van der Waals surface area contributed by atoms with Gasteiger partial charge in [-0.15, -0.1) is 0 Å². The van der Waals surface area contributed by atoms with Crippen molar-refractivity contribution in [1.82, 2.24) is 25.1 Å². The first-order valence-corrected chi connectivity index (χ1v) is 8.11. The van der Waals surface area contributed by atoms with Crippen molar-refractivity contribution in [2.45, 2.75) is 26.4 Å². The summed E-state index contributed by atoms with van der Waals surface area (Å²) in [6, 6.07) is 9.78. The lowest BCUT2D eigenvalue weighted by Crippen LogP contribution is -2.31. The number of nitrogens with zero attached hydrogens (tertiary/aromatic N) is 4. The fourth-order valence-corrected chi connectivity index (χ4v) is 3.07. The van der Waals surface area contributed by atoms with Crippen LogP contribution < -0.4 is 5.73 Å². The van der Waals surface area contributed by atoms with Crippen molar-refractivity contribution in [3.63, 3.8) is 0 Å². The molecular formula is C18H20N6. The van der Waals surface area contributed by atoms with Gasteiger partial charge in [-0.05, 0) is 37.3 Å².